The third-order valence-corrected chi connectivity index (χ3v) is 2.88. The highest BCUT2D eigenvalue weighted by Crippen LogP contribution is 2.24. The predicted octanol–water partition coefficient (Wildman–Crippen LogP) is 1.09. The number of carbonyl (C=O) groups is 1. The van der Waals surface area contributed by atoms with Gasteiger partial charge in [-0.1, -0.05) is 18.2 Å². The lowest BCUT2D eigenvalue weighted by atomic mass is 10.1. The molecule has 2 rings (SSSR count). The number of rotatable bonds is 4. The van der Waals surface area contributed by atoms with E-state index in [9.17, 15) is 4.79 Å². The van der Waals surface area contributed by atoms with Crippen LogP contribution in [0.15, 0.2) is 24.3 Å². The van der Waals surface area contributed by atoms with Crippen molar-refractivity contribution in [3.63, 3.8) is 0 Å². The van der Waals surface area contributed by atoms with E-state index in [1.165, 1.54) is 5.56 Å². The molecular formula is C12H16N2O2. The van der Waals surface area contributed by atoms with Crippen molar-refractivity contribution < 1.29 is 9.90 Å². The van der Waals surface area contributed by atoms with Crippen LogP contribution < -0.4 is 10.6 Å². The molecule has 2 unspecified atom stereocenters. The fraction of sp³-hybridized carbons (Fsp3) is 0.417. The number of para-hydroxylation sites is 1. The van der Waals surface area contributed by atoms with Crippen LogP contribution in [0.25, 0.3) is 0 Å². The molecule has 0 saturated carbocycles. The van der Waals surface area contributed by atoms with Crippen LogP contribution in [0.1, 0.15) is 12.5 Å². The lowest BCUT2D eigenvalue weighted by Crippen LogP contribution is -2.40. The Bertz CT molecular complexity index is 367. The van der Waals surface area contributed by atoms with Crippen LogP contribution in [0.3, 0.4) is 0 Å². The van der Waals surface area contributed by atoms with E-state index in [-0.39, 0.29) is 0 Å². The van der Waals surface area contributed by atoms with Crippen molar-refractivity contribution >= 4 is 11.7 Å². The molecule has 86 valence electrons. The summed E-state index contributed by atoms with van der Waals surface area (Å²) < 4.78 is 0. The van der Waals surface area contributed by atoms with Crippen molar-refractivity contribution in [1.82, 2.24) is 5.32 Å². The number of benzene rings is 1. The van der Waals surface area contributed by atoms with Crippen molar-refractivity contribution in [2.75, 3.05) is 11.9 Å². The zero-order chi connectivity index (χ0) is 11.5. The summed E-state index contributed by atoms with van der Waals surface area (Å²) in [4.78, 5) is 10.6. The smallest absolute Gasteiger partial charge is 0.320 e. The fourth-order valence-corrected chi connectivity index (χ4v) is 1.91. The summed E-state index contributed by atoms with van der Waals surface area (Å²) in [5, 5.41) is 15.1. The minimum absolute atomic E-state index is 0.291. The van der Waals surface area contributed by atoms with Crippen LogP contribution >= 0.6 is 0 Å². The average Bonchev–Trinajstić information content (AvgIpc) is 2.68. The van der Waals surface area contributed by atoms with E-state index in [1.54, 1.807) is 6.92 Å². The maximum Gasteiger partial charge on any atom is 0.320 e. The van der Waals surface area contributed by atoms with Crippen molar-refractivity contribution in [3.8, 4) is 0 Å². The molecule has 0 saturated heterocycles. The van der Waals surface area contributed by atoms with Gasteiger partial charge in [-0.2, -0.15) is 0 Å². The molecule has 4 heteroatoms. The number of carboxylic acids is 1. The molecule has 1 aliphatic heterocycles. The monoisotopic (exact) mass is 220 g/mol. The number of carboxylic acid groups (broad SMARTS) is 1. The molecule has 4 nitrogen and oxygen atoms in total. The summed E-state index contributed by atoms with van der Waals surface area (Å²) in [7, 11) is 0. The minimum Gasteiger partial charge on any atom is -0.480 e. The second kappa shape index (κ2) is 4.53. The van der Waals surface area contributed by atoms with Gasteiger partial charge in [0.05, 0.1) is 0 Å². The Morgan fingerprint density at radius 3 is 3.06 bits per heavy atom. The summed E-state index contributed by atoms with van der Waals surface area (Å²) in [5.41, 5.74) is 2.47. The molecule has 0 amide bonds. The van der Waals surface area contributed by atoms with Crippen LogP contribution in [-0.2, 0) is 11.2 Å². The third-order valence-electron chi connectivity index (χ3n) is 2.88. The summed E-state index contributed by atoms with van der Waals surface area (Å²) in [5.74, 6) is -0.810. The van der Waals surface area contributed by atoms with Gasteiger partial charge < -0.3 is 15.7 Å². The van der Waals surface area contributed by atoms with Gasteiger partial charge in [0.2, 0.25) is 0 Å². The number of hydrogen-bond acceptors (Lipinski definition) is 3. The Kier molecular flexibility index (Phi) is 3.10. The van der Waals surface area contributed by atoms with E-state index >= 15 is 0 Å². The maximum absolute atomic E-state index is 10.6. The number of anilines is 1. The molecule has 1 aromatic carbocycles. The first kappa shape index (κ1) is 11.0. The van der Waals surface area contributed by atoms with Gasteiger partial charge in [-0.3, -0.25) is 4.79 Å². The molecule has 0 radical (unpaired) electrons. The van der Waals surface area contributed by atoms with Gasteiger partial charge in [0.25, 0.3) is 0 Å². The van der Waals surface area contributed by atoms with E-state index in [0.717, 1.165) is 12.1 Å². The summed E-state index contributed by atoms with van der Waals surface area (Å²) in [6.45, 7) is 2.33. The lowest BCUT2D eigenvalue weighted by molar-refractivity contribution is -0.138. The van der Waals surface area contributed by atoms with E-state index < -0.39 is 12.0 Å². The topological polar surface area (TPSA) is 61.4 Å². The average molecular weight is 220 g/mol. The predicted molar refractivity (Wildman–Crippen MR) is 62.7 cm³/mol. The first-order valence-corrected chi connectivity index (χ1v) is 5.47. The maximum atomic E-state index is 10.6. The molecule has 0 spiro atoms. The molecule has 1 aromatic rings. The molecule has 0 aliphatic carbocycles. The Morgan fingerprint density at radius 2 is 2.38 bits per heavy atom. The third kappa shape index (κ3) is 2.33. The number of hydrogen-bond donors (Lipinski definition) is 3. The molecule has 0 bridgehead atoms. The molecule has 0 fully saturated rings. The second-order valence-electron chi connectivity index (χ2n) is 4.17. The lowest BCUT2D eigenvalue weighted by Gasteiger charge is -2.14. The fourth-order valence-electron chi connectivity index (χ4n) is 1.91. The van der Waals surface area contributed by atoms with E-state index in [1.807, 2.05) is 12.1 Å². The van der Waals surface area contributed by atoms with Crippen LogP contribution in [0, 0.1) is 0 Å². The van der Waals surface area contributed by atoms with E-state index in [4.69, 9.17) is 5.11 Å². The molecule has 3 N–H and O–H groups in total. The standard InChI is InChI=1S/C12H16N2O2/c1-8(12(15)16)13-7-10-6-9-4-2-3-5-11(9)14-10/h2-5,8,10,13-14H,6-7H2,1H3,(H,15,16). The highest BCUT2D eigenvalue weighted by Gasteiger charge is 2.21. The van der Waals surface area contributed by atoms with E-state index in [0.29, 0.717) is 12.6 Å². The van der Waals surface area contributed by atoms with Crippen molar-refractivity contribution in [3.05, 3.63) is 29.8 Å². The van der Waals surface area contributed by atoms with Gasteiger partial charge in [0, 0.05) is 18.3 Å². The molecule has 0 aromatic heterocycles. The highest BCUT2D eigenvalue weighted by molar-refractivity contribution is 5.72. The Hall–Kier alpha value is -1.55. The zero-order valence-electron chi connectivity index (χ0n) is 9.23. The van der Waals surface area contributed by atoms with Crippen LogP contribution in [0.2, 0.25) is 0 Å². The van der Waals surface area contributed by atoms with Crippen molar-refractivity contribution in [2.24, 2.45) is 0 Å². The summed E-state index contributed by atoms with van der Waals surface area (Å²) in [6, 6.07) is 7.97. The van der Waals surface area contributed by atoms with Gasteiger partial charge in [0.1, 0.15) is 6.04 Å². The van der Waals surface area contributed by atoms with Crippen LogP contribution in [0.4, 0.5) is 5.69 Å². The minimum atomic E-state index is -0.810. The SMILES string of the molecule is CC(NCC1Cc2ccccc2N1)C(=O)O. The van der Waals surface area contributed by atoms with Crippen LogP contribution in [-0.4, -0.2) is 29.7 Å². The Labute approximate surface area is 94.7 Å². The second-order valence-corrected chi connectivity index (χ2v) is 4.17. The highest BCUT2D eigenvalue weighted by atomic mass is 16.4. The van der Waals surface area contributed by atoms with Gasteiger partial charge in [0.15, 0.2) is 0 Å². The molecule has 16 heavy (non-hydrogen) atoms. The Balaban J connectivity index is 1.86. The largest absolute Gasteiger partial charge is 0.480 e. The quantitative estimate of drug-likeness (QED) is 0.710. The first-order valence-electron chi connectivity index (χ1n) is 5.47. The van der Waals surface area contributed by atoms with Gasteiger partial charge in [-0.15, -0.1) is 0 Å². The Morgan fingerprint density at radius 1 is 1.62 bits per heavy atom. The summed E-state index contributed by atoms with van der Waals surface area (Å²) >= 11 is 0. The zero-order valence-corrected chi connectivity index (χ0v) is 9.23. The number of fused-ring (bicyclic) bond motifs is 1. The van der Waals surface area contributed by atoms with Crippen molar-refractivity contribution in [1.29, 1.82) is 0 Å². The molecule has 1 heterocycles. The van der Waals surface area contributed by atoms with Crippen LogP contribution in [0.5, 0.6) is 0 Å². The number of aliphatic carboxylic acids is 1. The van der Waals surface area contributed by atoms with Gasteiger partial charge in [-0.05, 0) is 25.0 Å². The molecule has 2 atom stereocenters. The van der Waals surface area contributed by atoms with Gasteiger partial charge in [-0.25, -0.2) is 0 Å². The normalized spacial score (nSPS) is 19.9. The van der Waals surface area contributed by atoms with E-state index in [2.05, 4.69) is 22.8 Å². The summed E-state index contributed by atoms with van der Waals surface area (Å²) in [6.07, 6.45) is 0.954. The first-order chi connectivity index (χ1) is 7.66. The molecular weight excluding hydrogens is 204 g/mol. The number of nitrogens with one attached hydrogen (secondary N) is 2. The van der Waals surface area contributed by atoms with Crippen molar-refractivity contribution in [2.45, 2.75) is 25.4 Å². The molecule has 1 aliphatic rings. The van der Waals surface area contributed by atoms with Gasteiger partial charge >= 0.3 is 5.97 Å².